The standard InChI is InChI=1S/C13H9F2NS/c14-11-5-3-4-10(8-11)9-16-17-13-7-2-1-6-12(13)15/h1-9H. The monoisotopic (exact) mass is 249 g/mol. The van der Waals surface area contributed by atoms with Crippen molar-refractivity contribution < 1.29 is 8.78 Å². The molecule has 0 unspecified atom stereocenters. The molecule has 0 aliphatic rings. The third-order valence-electron chi connectivity index (χ3n) is 2.04. The summed E-state index contributed by atoms with van der Waals surface area (Å²) in [5.74, 6) is -0.626. The van der Waals surface area contributed by atoms with Crippen molar-refractivity contribution in [2.75, 3.05) is 0 Å². The Morgan fingerprint density at radius 3 is 2.59 bits per heavy atom. The first kappa shape index (κ1) is 11.8. The van der Waals surface area contributed by atoms with E-state index in [9.17, 15) is 8.78 Å². The minimum atomic E-state index is -0.315. The fraction of sp³-hybridized carbons (Fsp3) is 0. The van der Waals surface area contributed by atoms with Gasteiger partial charge in [0, 0.05) is 18.2 Å². The van der Waals surface area contributed by atoms with Crippen molar-refractivity contribution in [2.45, 2.75) is 4.90 Å². The van der Waals surface area contributed by atoms with Crippen molar-refractivity contribution in [2.24, 2.45) is 4.40 Å². The summed E-state index contributed by atoms with van der Waals surface area (Å²) in [6, 6.07) is 12.4. The van der Waals surface area contributed by atoms with E-state index in [0.717, 1.165) is 11.9 Å². The van der Waals surface area contributed by atoms with Crippen LogP contribution in [-0.4, -0.2) is 6.21 Å². The van der Waals surface area contributed by atoms with Crippen LogP contribution in [0.25, 0.3) is 0 Å². The Morgan fingerprint density at radius 1 is 1.00 bits per heavy atom. The van der Waals surface area contributed by atoms with Crippen LogP contribution in [0.4, 0.5) is 8.78 Å². The summed E-state index contributed by atoms with van der Waals surface area (Å²) in [4.78, 5) is 0.445. The van der Waals surface area contributed by atoms with Crippen molar-refractivity contribution >= 4 is 18.2 Å². The summed E-state index contributed by atoms with van der Waals surface area (Å²) in [6.07, 6.45) is 1.50. The molecule has 86 valence electrons. The van der Waals surface area contributed by atoms with Gasteiger partial charge in [-0.3, -0.25) is 0 Å². The molecule has 0 heterocycles. The summed E-state index contributed by atoms with van der Waals surface area (Å²) in [5.41, 5.74) is 0.647. The van der Waals surface area contributed by atoms with Gasteiger partial charge < -0.3 is 0 Å². The van der Waals surface area contributed by atoms with Crippen LogP contribution in [0.3, 0.4) is 0 Å². The molecule has 0 saturated carbocycles. The molecule has 2 aromatic carbocycles. The van der Waals surface area contributed by atoms with E-state index in [1.807, 2.05) is 0 Å². The molecule has 17 heavy (non-hydrogen) atoms. The van der Waals surface area contributed by atoms with Crippen LogP contribution in [0.2, 0.25) is 0 Å². The van der Waals surface area contributed by atoms with E-state index in [4.69, 9.17) is 0 Å². The van der Waals surface area contributed by atoms with Gasteiger partial charge in [-0.1, -0.05) is 24.3 Å². The number of nitrogens with zero attached hydrogens (tertiary/aromatic N) is 1. The molecule has 0 atom stereocenters. The summed E-state index contributed by atoms with van der Waals surface area (Å²) in [6.45, 7) is 0. The Labute approximate surface area is 102 Å². The normalized spacial score (nSPS) is 10.9. The molecule has 4 heteroatoms. The average molecular weight is 249 g/mol. The maximum Gasteiger partial charge on any atom is 0.138 e. The molecule has 0 N–H and O–H groups in total. The lowest BCUT2D eigenvalue weighted by Crippen LogP contribution is -1.82. The summed E-state index contributed by atoms with van der Waals surface area (Å²) < 4.78 is 30.1. The van der Waals surface area contributed by atoms with Crippen LogP contribution in [0.5, 0.6) is 0 Å². The Morgan fingerprint density at radius 2 is 1.82 bits per heavy atom. The molecule has 0 bridgehead atoms. The second-order valence-corrected chi connectivity index (χ2v) is 4.14. The summed E-state index contributed by atoms with van der Waals surface area (Å²) in [5, 5.41) is 0. The Kier molecular flexibility index (Phi) is 3.88. The van der Waals surface area contributed by atoms with Gasteiger partial charge in [-0.05, 0) is 29.8 Å². The topological polar surface area (TPSA) is 12.4 Å². The van der Waals surface area contributed by atoms with Gasteiger partial charge in [0.15, 0.2) is 0 Å². The molecule has 2 aromatic rings. The molecular formula is C13H9F2NS. The first-order valence-corrected chi connectivity index (χ1v) is 5.73. The van der Waals surface area contributed by atoms with Gasteiger partial charge in [0.05, 0.1) is 4.90 Å². The van der Waals surface area contributed by atoms with Crippen molar-refractivity contribution in [3.63, 3.8) is 0 Å². The lowest BCUT2D eigenvalue weighted by molar-refractivity contribution is 0.602. The minimum Gasteiger partial charge on any atom is -0.219 e. The summed E-state index contributed by atoms with van der Waals surface area (Å²) >= 11 is 1.02. The fourth-order valence-corrected chi connectivity index (χ4v) is 1.83. The third kappa shape index (κ3) is 3.39. The van der Waals surface area contributed by atoms with Crippen LogP contribution in [0.15, 0.2) is 57.8 Å². The van der Waals surface area contributed by atoms with Gasteiger partial charge in [0.1, 0.15) is 11.6 Å². The molecule has 2 rings (SSSR count). The highest BCUT2D eigenvalue weighted by Crippen LogP contribution is 2.21. The van der Waals surface area contributed by atoms with Crippen LogP contribution < -0.4 is 0 Å². The average Bonchev–Trinajstić information content (AvgIpc) is 2.32. The number of hydrogen-bond donors (Lipinski definition) is 0. The zero-order valence-corrected chi connectivity index (χ0v) is 9.62. The number of halogens is 2. The van der Waals surface area contributed by atoms with Crippen LogP contribution in [0.1, 0.15) is 5.56 Å². The van der Waals surface area contributed by atoms with E-state index >= 15 is 0 Å². The van der Waals surface area contributed by atoms with Gasteiger partial charge in [-0.25, -0.2) is 13.2 Å². The Balaban J connectivity index is 2.06. The van der Waals surface area contributed by atoms with E-state index in [1.54, 1.807) is 30.3 Å². The van der Waals surface area contributed by atoms with Crippen molar-refractivity contribution in [1.29, 1.82) is 0 Å². The number of benzene rings is 2. The predicted molar refractivity (Wildman–Crippen MR) is 66.3 cm³/mol. The molecule has 0 saturated heterocycles. The van der Waals surface area contributed by atoms with E-state index in [-0.39, 0.29) is 11.6 Å². The maximum atomic E-state index is 13.2. The van der Waals surface area contributed by atoms with Gasteiger partial charge in [-0.15, -0.1) is 0 Å². The predicted octanol–water partition coefficient (Wildman–Crippen LogP) is 4.09. The zero-order valence-electron chi connectivity index (χ0n) is 8.81. The number of hydrogen-bond acceptors (Lipinski definition) is 2. The maximum absolute atomic E-state index is 13.2. The largest absolute Gasteiger partial charge is 0.219 e. The molecule has 0 aliphatic carbocycles. The molecule has 0 aromatic heterocycles. The molecule has 1 nitrogen and oxygen atoms in total. The van der Waals surface area contributed by atoms with Gasteiger partial charge in [0.25, 0.3) is 0 Å². The molecular weight excluding hydrogens is 240 g/mol. The van der Waals surface area contributed by atoms with Gasteiger partial charge in [-0.2, -0.15) is 0 Å². The highest BCUT2D eigenvalue weighted by Gasteiger charge is 1.99. The van der Waals surface area contributed by atoms with Gasteiger partial charge in [0.2, 0.25) is 0 Å². The zero-order chi connectivity index (χ0) is 12.1. The van der Waals surface area contributed by atoms with Crippen molar-refractivity contribution in [3.05, 3.63) is 65.7 Å². The Bertz CT molecular complexity index is 540. The van der Waals surface area contributed by atoms with E-state index in [2.05, 4.69) is 4.40 Å². The lowest BCUT2D eigenvalue weighted by atomic mass is 10.2. The van der Waals surface area contributed by atoms with Crippen LogP contribution >= 0.6 is 11.9 Å². The highest BCUT2D eigenvalue weighted by molar-refractivity contribution is 7.98. The van der Waals surface area contributed by atoms with Crippen LogP contribution in [0, 0.1) is 11.6 Å². The second kappa shape index (κ2) is 5.59. The molecule has 0 fully saturated rings. The quantitative estimate of drug-likeness (QED) is 0.589. The van der Waals surface area contributed by atoms with Crippen molar-refractivity contribution in [1.82, 2.24) is 0 Å². The fourth-order valence-electron chi connectivity index (χ4n) is 1.25. The summed E-state index contributed by atoms with van der Waals surface area (Å²) in [7, 11) is 0. The van der Waals surface area contributed by atoms with E-state index in [0.29, 0.717) is 10.5 Å². The highest BCUT2D eigenvalue weighted by atomic mass is 32.2. The molecule has 0 spiro atoms. The molecule has 0 aliphatic heterocycles. The lowest BCUT2D eigenvalue weighted by Gasteiger charge is -1.96. The number of rotatable bonds is 3. The van der Waals surface area contributed by atoms with E-state index < -0.39 is 0 Å². The van der Waals surface area contributed by atoms with Crippen molar-refractivity contribution in [3.8, 4) is 0 Å². The Hall–Kier alpha value is -1.68. The third-order valence-corrected chi connectivity index (χ3v) is 2.78. The smallest absolute Gasteiger partial charge is 0.138 e. The molecule has 0 radical (unpaired) electrons. The first-order valence-electron chi connectivity index (χ1n) is 4.96. The first-order chi connectivity index (χ1) is 8.25. The second-order valence-electron chi connectivity index (χ2n) is 3.31. The SMILES string of the molecule is Fc1cccc(C=NSc2ccccc2F)c1. The van der Waals surface area contributed by atoms with Crippen LogP contribution in [-0.2, 0) is 0 Å². The van der Waals surface area contributed by atoms with E-state index in [1.165, 1.54) is 24.4 Å². The van der Waals surface area contributed by atoms with Gasteiger partial charge >= 0.3 is 0 Å². The molecule has 0 amide bonds. The minimum absolute atomic E-state index is 0.311.